The summed E-state index contributed by atoms with van der Waals surface area (Å²) in [4.78, 5) is 17.6. The van der Waals surface area contributed by atoms with E-state index in [1.54, 1.807) is 22.3 Å². The zero-order chi connectivity index (χ0) is 23.5. The van der Waals surface area contributed by atoms with Gasteiger partial charge < -0.3 is 14.6 Å². The third-order valence-electron chi connectivity index (χ3n) is 4.97. The number of hydrogen-bond acceptors (Lipinski definition) is 7. The van der Waals surface area contributed by atoms with Crippen LogP contribution in [0.5, 0.6) is 11.6 Å². The highest BCUT2D eigenvalue weighted by Gasteiger charge is 2.20. The summed E-state index contributed by atoms with van der Waals surface area (Å²) in [6.07, 6.45) is 0. The summed E-state index contributed by atoms with van der Waals surface area (Å²) in [5.41, 5.74) is 3.23. The number of rotatable bonds is 8. The molecule has 0 aliphatic carbocycles. The first-order chi connectivity index (χ1) is 15.2. The minimum Gasteiger partial charge on any atom is -0.491 e. The molecule has 1 aromatic carbocycles. The summed E-state index contributed by atoms with van der Waals surface area (Å²) < 4.78 is 14.3. The number of benzene rings is 1. The first kappa shape index (κ1) is 26.1. The molecule has 0 amide bonds. The molecule has 2 heterocycles. The van der Waals surface area contributed by atoms with Crippen LogP contribution in [0.2, 0.25) is 0 Å². The molecule has 0 bridgehead atoms. The molecule has 0 fully saturated rings. The molecule has 9 nitrogen and oxygen atoms in total. The van der Waals surface area contributed by atoms with Crippen LogP contribution in [0.4, 0.5) is 0 Å². The molecule has 2 aromatic heterocycles. The third-order valence-corrected chi connectivity index (χ3v) is 4.97. The van der Waals surface area contributed by atoms with Crippen molar-refractivity contribution in [2.45, 2.75) is 54.0 Å². The van der Waals surface area contributed by atoms with Gasteiger partial charge in [0.25, 0.3) is 0 Å². The van der Waals surface area contributed by atoms with Gasteiger partial charge in [-0.3, -0.25) is 9.79 Å². The van der Waals surface area contributed by atoms with Crippen molar-refractivity contribution in [1.82, 2.24) is 19.4 Å². The Balaban J connectivity index is 0.00000385. The van der Waals surface area contributed by atoms with Gasteiger partial charge in [0.15, 0.2) is 11.4 Å². The van der Waals surface area contributed by atoms with Gasteiger partial charge in [-0.05, 0) is 43.0 Å². The topological polar surface area (TPSA) is 103 Å². The zero-order valence-electron chi connectivity index (χ0n) is 19.5. The minimum atomic E-state index is -0.176. The molecular formula is C24H35N5O4. The second kappa shape index (κ2) is 10.6. The molecule has 3 aromatic rings. The number of Topliss-reactive ketones (excluding diaryl/α,β-unsaturated/α-hetero) is 1. The summed E-state index contributed by atoms with van der Waals surface area (Å²) in [6.45, 7) is 10.6. The Labute approximate surface area is 194 Å². The number of aromatic nitrogens is 4. The van der Waals surface area contributed by atoms with E-state index in [2.05, 4.69) is 36.0 Å². The lowest BCUT2D eigenvalue weighted by Gasteiger charge is -2.21. The smallest absolute Gasteiger partial charge is 0.245 e. The molecule has 0 radical (unpaired) electrons. The van der Waals surface area contributed by atoms with Crippen LogP contribution >= 0.6 is 0 Å². The normalized spacial score (nSPS) is 12.0. The van der Waals surface area contributed by atoms with Crippen LogP contribution in [-0.2, 0) is 12.0 Å². The van der Waals surface area contributed by atoms with E-state index < -0.39 is 0 Å². The molecule has 0 unspecified atom stereocenters. The highest BCUT2D eigenvalue weighted by Crippen LogP contribution is 2.28. The van der Waals surface area contributed by atoms with Crippen LogP contribution in [0.3, 0.4) is 0 Å². The third kappa shape index (κ3) is 5.78. The van der Waals surface area contributed by atoms with Crippen molar-refractivity contribution in [3.63, 3.8) is 0 Å². The number of aryl methyl sites for hydroxylation is 1. The second-order valence-electron chi connectivity index (χ2n) is 8.51. The van der Waals surface area contributed by atoms with E-state index in [-0.39, 0.29) is 38.4 Å². The molecule has 0 saturated carbocycles. The first-order valence-corrected chi connectivity index (χ1v) is 10.6. The number of ether oxygens (including phenoxy) is 2. The number of nitrogens with zero attached hydrogens (tertiary/aromatic N) is 5. The van der Waals surface area contributed by atoms with Crippen molar-refractivity contribution in [2.75, 3.05) is 26.9 Å². The second-order valence-corrected chi connectivity index (χ2v) is 8.51. The summed E-state index contributed by atoms with van der Waals surface area (Å²) in [6, 6.07) is 7.29. The molecular weight excluding hydrogens is 422 g/mol. The molecule has 0 aliphatic rings. The molecule has 180 valence electrons. The molecule has 0 saturated heterocycles. The van der Waals surface area contributed by atoms with Crippen molar-refractivity contribution in [1.29, 1.82) is 0 Å². The molecule has 0 aliphatic heterocycles. The van der Waals surface area contributed by atoms with E-state index in [0.29, 0.717) is 35.1 Å². The van der Waals surface area contributed by atoms with E-state index in [9.17, 15) is 4.79 Å². The number of ketones is 1. The Morgan fingerprint density at radius 1 is 1.15 bits per heavy atom. The van der Waals surface area contributed by atoms with Crippen molar-refractivity contribution < 1.29 is 19.4 Å². The fourth-order valence-electron chi connectivity index (χ4n) is 3.32. The maximum absolute atomic E-state index is 13.3. The number of hydrogen-bond donors (Lipinski definition) is 1. The Bertz CT molecular complexity index is 1190. The van der Waals surface area contributed by atoms with Gasteiger partial charge in [-0.15, -0.1) is 10.2 Å². The lowest BCUT2D eigenvalue weighted by Crippen LogP contribution is -2.27. The van der Waals surface area contributed by atoms with E-state index in [1.165, 1.54) is 0 Å². The van der Waals surface area contributed by atoms with Crippen molar-refractivity contribution >= 4 is 11.4 Å². The van der Waals surface area contributed by atoms with Gasteiger partial charge in [0.1, 0.15) is 18.9 Å². The lowest BCUT2D eigenvalue weighted by atomic mass is 9.85. The Morgan fingerprint density at radius 3 is 2.48 bits per heavy atom. The molecule has 0 atom stereocenters. The predicted molar refractivity (Wildman–Crippen MR) is 127 cm³/mol. The van der Waals surface area contributed by atoms with E-state index in [1.807, 2.05) is 32.0 Å². The Kier molecular flexibility index (Phi) is 8.38. The summed E-state index contributed by atoms with van der Waals surface area (Å²) in [5, 5.41) is 18.1. The van der Waals surface area contributed by atoms with Crippen LogP contribution < -0.4 is 15.1 Å². The maximum Gasteiger partial charge on any atom is 0.245 e. The van der Waals surface area contributed by atoms with Crippen LogP contribution in [-0.4, -0.2) is 57.2 Å². The minimum absolute atomic E-state index is 0. The SMILES string of the molecule is C.CCOc1cc(C)c2nn(CC(=O)c3cc(OCCO)cc(C(C)(C)C)c3)c(=NC)n2n1. The van der Waals surface area contributed by atoms with Gasteiger partial charge in [0, 0.05) is 24.2 Å². The largest absolute Gasteiger partial charge is 0.491 e. The van der Waals surface area contributed by atoms with E-state index >= 15 is 0 Å². The fourth-order valence-corrected chi connectivity index (χ4v) is 3.32. The van der Waals surface area contributed by atoms with Gasteiger partial charge in [0.2, 0.25) is 11.5 Å². The average molecular weight is 458 g/mol. The highest BCUT2D eigenvalue weighted by atomic mass is 16.5. The van der Waals surface area contributed by atoms with Crippen molar-refractivity contribution in [3.8, 4) is 11.6 Å². The Hall–Kier alpha value is -3.20. The van der Waals surface area contributed by atoms with Crippen LogP contribution in [0.1, 0.15) is 56.6 Å². The van der Waals surface area contributed by atoms with E-state index in [0.717, 1.165) is 11.1 Å². The summed E-state index contributed by atoms with van der Waals surface area (Å²) in [5.74, 6) is 0.891. The molecule has 9 heteroatoms. The van der Waals surface area contributed by atoms with Crippen molar-refractivity contribution in [2.24, 2.45) is 4.99 Å². The standard InChI is InChI=1S/C23H31N5O4.CH4/c1-7-31-20-10-15(2)21-26-27(22(24-6)28(21)25-20)14-19(30)16-11-17(23(3,4)5)13-18(12-16)32-9-8-29;/h10-13,29H,7-9,14H2,1-6H3;1H4. The lowest BCUT2D eigenvalue weighted by molar-refractivity contribution is 0.0965. The average Bonchev–Trinajstić information content (AvgIpc) is 3.09. The summed E-state index contributed by atoms with van der Waals surface area (Å²) >= 11 is 0. The van der Waals surface area contributed by atoms with Crippen molar-refractivity contribution in [3.05, 3.63) is 46.6 Å². The molecule has 33 heavy (non-hydrogen) atoms. The van der Waals surface area contributed by atoms with Gasteiger partial charge in [-0.25, -0.2) is 4.68 Å². The highest BCUT2D eigenvalue weighted by molar-refractivity contribution is 5.96. The van der Waals surface area contributed by atoms with E-state index in [4.69, 9.17) is 14.6 Å². The first-order valence-electron chi connectivity index (χ1n) is 10.6. The molecule has 3 rings (SSSR count). The van der Waals surface area contributed by atoms with Gasteiger partial charge in [-0.1, -0.05) is 28.2 Å². The van der Waals surface area contributed by atoms with Gasteiger partial charge >= 0.3 is 0 Å². The van der Waals surface area contributed by atoms with Crippen LogP contribution in [0.15, 0.2) is 29.3 Å². The predicted octanol–water partition coefficient (Wildman–Crippen LogP) is 2.96. The van der Waals surface area contributed by atoms with Gasteiger partial charge in [-0.2, -0.15) is 4.52 Å². The number of carbonyl (C=O) groups excluding carboxylic acids is 1. The number of aliphatic hydroxyl groups is 1. The van der Waals surface area contributed by atoms with Gasteiger partial charge in [0.05, 0.1) is 13.2 Å². The van der Waals surface area contributed by atoms with Crippen LogP contribution in [0, 0.1) is 6.92 Å². The monoisotopic (exact) mass is 457 g/mol. The fraction of sp³-hybridized carbons (Fsp3) is 0.500. The van der Waals surface area contributed by atoms with Crippen LogP contribution in [0.25, 0.3) is 5.65 Å². The number of carbonyl (C=O) groups is 1. The number of aliphatic hydroxyl groups excluding tert-OH is 1. The summed E-state index contributed by atoms with van der Waals surface area (Å²) in [7, 11) is 1.63. The maximum atomic E-state index is 13.3. The Morgan fingerprint density at radius 2 is 1.88 bits per heavy atom. The molecule has 0 spiro atoms. The quantitative estimate of drug-likeness (QED) is 0.522. The number of fused-ring (bicyclic) bond motifs is 1. The molecule has 1 N–H and O–H groups in total. The zero-order valence-corrected chi connectivity index (χ0v) is 19.5.